The summed E-state index contributed by atoms with van der Waals surface area (Å²) >= 11 is 5.88. The highest BCUT2D eigenvalue weighted by atomic mass is 35.5. The van der Waals surface area contributed by atoms with Crippen molar-refractivity contribution in [2.45, 2.75) is 25.4 Å². The maximum Gasteiger partial charge on any atom is 0.344 e. The SMILES string of the molecule is C[C@H]([NH2+]CC(=O)NN1C(=O)N[C@@](C)(c2ccccc2)C1=O)c1ccc(Cl)cc1. The second-order valence-electron chi connectivity index (χ2n) is 6.88. The average Bonchev–Trinajstić information content (AvgIpc) is 2.91. The van der Waals surface area contributed by atoms with Gasteiger partial charge in [0.2, 0.25) is 0 Å². The maximum atomic E-state index is 12.8. The molecule has 1 saturated heterocycles. The Morgan fingerprint density at radius 1 is 1.18 bits per heavy atom. The lowest BCUT2D eigenvalue weighted by atomic mass is 9.92. The van der Waals surface area contributed by atoms with Gasteiger partial charge in [0.05, 0.1) is 0 Å². The van der Waals surface area contributed by atoms with Gasteiger partial charge >= 0.3 is 6.03 Å². The summed E-state index contributed by atoms with van der Waals surface area (Å²) in [5.74, 6) is -0.968. The van der Waals surface area contributed by atoms with Crippen molar-refractivity contribution < 1.29 is 19.7 Å². The predicted octanol–water partition coefficient (Wildman–Crippen LogP) is 1.46. The number of nitrogens with two attached hydrogens (primary N) is 1. The lowest BCUT2D eigenvalue weighted by Gasteiger charge is -2.22. The molecule has 2 aromatic rings. The van der Waals surface area contributed by atoms with Crippen LogP contribution in [0.5, 0.6) is 0 Å². The number of amides is 4. The molecule has 2 atom stereocenters. The van der Waals surface area contributed by atoms with E-state index < -0.39 is 23.4 Å². The number of hydrazine groups is 1. The van der Waals surface area contributed by atoms with Gasteiger partial charge in [-0.25, -0.2) is 4.79 Å². The Kier molecular flexibility index (Phi) is 5.67. The van der Waals surface area contributed by atoms with Crippen LogP contribution in [0.15, 0.2) is 54.6 Å². The second kappa shape index (κ2) is 8.00. The molecular weight excluding hydrogens is 380 g/mol. The number of nitrogens with zero attached hydrogens (tertiary/aromatic N) is 1. The monoisotopic (exact) mass is 401 g/mol. The van der Waals surface area contributed by atoms with E-state index in [0.29, 0.717) is 10.6 Å². The third-order valence-corrected chi connectivity index (χ3v) is 5.08. The summed E-state index contributed by atoms with van der Waals surface area (Å²) < 4.78 is 0. The molecule has 0 radical (unpaired) electrons. The van der Waals surface area contributed by atoms with Crippen molar-refractivity contribution in [1.29, 1.82) is 0 Å². The van der Waals surface area contributed by atoms with E-state index in [1.54, 1.807) is 43.3 Å². The van der Waals surface area contributed by atoms with Gasteiger partial charge in [0.25, 0.3) is 11.8 Å². The van der Waals surface area contributed by atoms with Crippen LogP contribution in [0.1, 0.15) is 31.0 Å². The third-order valence-electron chi connectivity index (χ3n) is 4.83. The van der Waals surface area contributed by atoms with Gasteiger partial charge in [0.15, 0.2) is 6.54 Å². The summed E-state index contributed by atoms with van der Waals surface area (Å²) in [5.41, 5.74) is 2.85. The normalized spacial score (nSPS) is 20.0. The molecule has 0 saturated carbocycles. The zero-order chi connectivity index (χ0) is 20.3. The molecule has 0 aromatic heterocycles. The van der Waals surface area contributed by atoms with Crippen LogP contribution in [-0.2, 0) is 15.1 Å². The number of rotatable bonds is 6. The number of nitrogens with one attached hydrogen (secondary N) is 2. The number of halogens is 1. The van der Waals surface area contributed by atoms with Crippen LogP contribution >= 0.6 is 11.6 Å². The lowest BCUT2D eigenvalue weighted by Crippen LogP contribution is -2.87. The molecular formula is C20H22ClN4O3+. The van der Waals surface area contributed by atoms with Crippen LogP contribution < -0.4 is 16.1 Å². The molecule has 0 unspecified atom stereocenters. The first kappa shape index (κ1) is 19.9. The molecule has 7 nitrogen and oxygen atoms in total. The van der Waals surface area contributed by atoms with E-state index in [2.05, 4.69) is 10.7 Å². The fraction of sp³-hybridized carbons (Fsp3) is 0.250. The van der Waals surface area contributed by atoms with Crippen molar-refractivity contribution >= 4 is 29.4 Å². The van der Waals surface area contributed by atoms with Crippen molar-refractivity contribution in [2.24, 2.45) is 0 Å². The van der Waals surface area contributed by atoms with E-state index in [0.717, 1.165) is 10.6 Å². The number of imide groups is 1. The molecule has 0 aliphatic carbocycles. The van der Waals surface area contributed by atoms with Gasteiger partial charge in [-0.2, -0.15) is 5.01 Å². The molecule has 4 amide bonds. The van der Waals surface area contributed by atoms with E-state index in [9.17, 15) is 14.4 Å². The van der Waals surface area contributed by atoms with E-state index >= 15 is 0 Å². The molecule has 4 N–H and O–H groups in total. The maximum absolute atomic E-state index is 12.8. The van der Waals surface area contributed by atoms with Crippen LogP contribution in [0, 0.1) is 0 Å². The Morgan fingerprint density at radius 2 is 1.82 bits per heavy atom. The zero-order valence-electron chi connectivity index (χ0n) is 15.6. The number of benzene rings is 2. The number of carbonyl (C=O) groups is 3. The zero-order valence-corrected chi connectivity index (χ0v) is 16.4. The van der Waals surface area contributed by atoms with Gasteiger partial charge in [-0.1, -0.05) is 54.1 Å². The molecule has 1 aliphatic heterocycles. The summed E-state index contributed by atoms with van der Waals surface area (Å²) in [4.78, 5) is 37.3. The van der Waals surface area contributed by atoms with E-state index in [1.807, 2.05) is 30.4 Å². The van der Waals surface area contributed by atoms with Crippen molar-refractivity contribution in [3.05, 3.63) is 70.7 Å². The quantitative estimate of drug-likeness (QED) is 0.639. The average molecular weight is 402 g/mol. The van der Waals surface area contributed by atoms with Gasteiger partial charge < -0.3 is 10.6 Å². The Balaban J connectivity index is 1.60. The Bertz CT molecular complexity index is 888. The predicted molar refractivity (Wildman–Crippen MR) is 104 cm³/mol. The molecule has 146 valence electrons. The van der Waals surface area contributed by atoms with Crippen LogP contribution in [0.4, 0.5) is 4.79 Å². The highest BCUT2D eigenvalue weighted by Crippen LogP contribution is 2.27. The smallest absolute Gasteiger partial charge is 0.332 e. The number of hydrogen-bond acceptors (Lipinski definition) is 3. The molecule has 0 bridgehead atoms. The van der Waals surface area contributed by atoms with E-state index in [4.69, 9.17) is 11.6 Å². The van der Waals surface area contributed by atoms with Gasteiger partial charge in [-0.15, -0.1) is 0 Å². The summed E-state index contributed by atoms with van der Waals surface area (Å²) in [5, 5.41) is 5.85. The first-order chi connectivity index (χ1) is 13.3. The van der Waals surface area contributed by atoms with Gasteiger partial charge in [0.1, 0.15) is 11.6 Å². The summed E-state index contributed by atoms with van der Waals surface area (Å²) in [7, 11) is 0. The van der Waals surface area contributed by atoms with Crippen molar-refractivity contribution in [1.82, 2.24) is 15.8 Å². The molecule has 1 heterocycles. The summed E-state index contributed by atoms with van der Waals surface area (Å²) in [6.07, 6.45) is 0. The summed E-state index contributed by atoms with van der Waals surface area (Å²) in [6.45, 7) is 3.63. The Hall–Kier alpha value is -2.90. The topological polar surface area (TPSA) is 95.1 Å². The Labute approximate surface area is 168 Å². The van der Waals surface area contributed by atoms with Crippen LogP contribution in [-0.4, -0.2) is 29.4 Å². The molecule has 8 heteroatoms. The van der Waals surface area contributed by atoms with Gasteiger partial charge in [-0.05, 0) is 31.5 Å². The summed E-state index contributed by atoms with van der Waals surface area (Å²) in [6, 6.07) is 15.6. The lowest BCUT2D eigenvalue weighted by molar-refractivity contribution is -0.682. The molecule has 1 aliphatic rings. The minimum absolute atomic E-state index is 0.0145. The largest absolute Gasteiger partial charge is 0.344 e. The molecule has 3 rings (SSSR count). The minimum Gasteiger partial charge on any atom is -0.332 e. The van der Waals surface area contributed by atoms with Crippen molar-refractivity contribution in [3.8, 4) is 0 Å². The number of quaternary nitrogens is 1. The van der Waals surface area contributed by atoms with Crippen LogP contribution in [0.25, 0.3) is 0 Å². The van der Waals surface area contributed by atoms with Crippen LogP contribution in [0.3, 0.4) is 0 Å². The molecule has 0 spiro atoms. The van der Waals surface area contributed by atoms with Crippen LogP contribution in [0.2, 0.25) is 5.02 Å². The first-order valence-corrected chi connectivity index (χ1v) is 9.29. The van der Waals surface area contributed by atoms with Gasteiger partial charge in [0, 0.05) is 10.6 Å². The Morgan fingerprint density at radius 3 is 2.46 bits per heavy atom. The fourth-order valence-electron chi connectivity index (χ4n) is 3.06. The molecule has 2 aromatic carbocycles. The molecule has 1 fully saturated rings. The highest BCUT2D eigenvalue weighted by Gasteiger charge is 2.50. The van der Waals surface area contributed by atoms with Gasteiger partial charge in [-0.3, -0.25) is 15.0 Å². The standard InChI is InChI=1S/C20H21ClN4O3/c1-13(14-8-10-16(21)11-9-14)22-12-17(26)24-25-18(27)20(2,23-19(25)28)15-6-4-3-5-7-15/h3-11,13,22H,12H2,1-2H3,(H,23,28)(H,24,26)/p+1/t13-,20-/m0/s1. The highest BCUT2D eigenvalue weighted by molar-refractivity contribution is 6.30. The van der Waals surface area contributed by atoms with Crippen molar-refractivity contribution in [3.63, 3.8) is 0 Å². The fourth-order valence-corrected chi connectivity index (χ4v) is 3.19. The third kappa shape index (κ3) is 4.00. The number of hydrogen-bond donors (Lipinski definition) is 3. The minimum atomic E-state index is -1.22. The van der Waals surface area contributed by atoms with E-state index in [1.165, 1.54) is 0 Å². The number of carbonyl (C=O) groups excluding carboxylic acids is 3. The molecule has 28 heavy (non-hydrogen) atoms. The number of urea groups is 1. The van der Waals surface area contributed by atoms with E-state index in [-0.39, 0.29) is 12.6 Å². The second-order valence-corrected chi connectivity index (χ2v) is 7.31. The first-order valence-electron chi connectivity index (χ1n) is 8.92. The van der Waals surface area contributed by atoms with Crippen molar-refractivity contribution in [2.75, 3.05) is 6.54 Å².